The van der Waals surface area contributed by atoms with Gasteiger partial charge in [-0.1, -0.05) is 12.2 Å². The molecule has 1 amide bonds. The summed E-state index contributed by atoms with van der Waals surface area (Å²) in [6.45, 7) is 6.02. The summed E-state index contributed by atoms with van der Waals surface area (Å²) in [5, 5.41) is 2.67. The molecular weight excluding hydrogens is 154 g/mol. The van der Waals surface area contributed by atoms with E-state index in [9.17, 15) is 4.79 Å². The normalized spacial score (nSPS) is 9.42. The van der Waals surface area contributed by atoms with Crippen LogP contribution in [0.2, 0.25) is 0 Å². The van der Waals surface area contributed by atoms with Gasteiger partial charge < -0.3 is 5.32 Å². The third kappa shape index (κ3) is 2.23. The van der Waals surface area contributed by atoms with Crippen LogP contribution >= 0.6 is 0 Å². The number of carbonyl (C=O) groups is 1. The van der Waals surface area contributed by atoms with Crippen LogP contribution in [0.25, 0.3) is 0 Å². The molecular formula is C8H11N3O. The summed E-state index contributed by atoms with van der Waals surface area (Å²) in [5.41, 5.74) is 0.920. The summed E-state index contributed by atoms with van der Waals surface area (Å²) in [6.07, 6.45) is 4.60. The number of carbonyl (C=O) groups excluding carboxylic acids is 1. The SMILES string of the molecule is C=C(C)CNC(=O)n1ccnc1. The largest absolute Gasteiger partial charge is 0.334 e. The highest BCUT2D eigenvalue weighted by molar-refractivity contribution is 5.76. The van der Waals surface area contributed by atoms with Gasteiger partial charge >= 0.3 is 6.03 Å². The number of rotatable bonds is 2. The lowest BCUT2D eigenvalue weighted by atomic mass is 10.3. The van der Waals surface area contributed by atoms with E-state index in [2.05, 4.69) is 16.9 Å². The fourth-order valence-corrected chi connectivity index (χ4v) is 0.697. The highest BCUT2D eigenvalue weighted by atomic mass is 16.2. The monoisotopic (exact) mass is 165 g/mol. The third-order valence-corrected chi connectivity index (χ3v) is 1.28. The zero-order chi connectivity index (χ0) is 8.97. The Hall–Kier alpha value is -1.58. The summed E-state index contributed by atoms with van der Waals surface area (Å²) in [6, 6.07) is -0.185. The predicted molar refractivity (Wildman–Crippen MR) is 45.8 cm³/mol. The Bertz CT molecular complexity index is 277. The summed E-state index contributed by atoms with van der Waals surface area (Å²) < 4.78 is 1.38. The van der Waals surface area contributed by atoms with Gasteiger partial charge in [-0.2, -0.15) is 0 Å². The molecule has 0 saturated heterocycles. The standard InChI is InChI=1S/C8H11N3O/c1-7(2)5-10-8(12)11-4-3-9-6-11/h3-4,6H,1,5H2,2H3,(H,10,12). The van der Waals surface area contributed by atoms with Gasteiger partial charge in [0.1, 0.15) is 6.33 Å². The molecule has 0 fully saturated rings. The van der Waals surface area contributed by atoms with E-state index in [1.54, 1.807) is 12.4 Å². The first kappa shape index (κ1) is 8.52. The molecule has 1 heterocycles. The molecule has 1 aromatic rings. The van der Waals surface area contributed by atoms with Gasteiger partial charge in [0.15, 0.2) is 0 Å². The average molecular weight is 165 g/mol. The van der Waals surface area contributed by atoms with E-state index in [0.29, 0.717) is 6.54 Å². The van der Waals surface area contributed by atoms with Gasteiger partial charge in [-0.05, 0) is 6.92 Å². The van der Waals surface area contributed by atoms with Crippen LogP contribution in [0, 0.1) is 0 Å². The number of amides is 1. The van der Waals surface area contributed by atoms with E-state index in [1.807, 2.05) is 6.92 Å². The Kier molecular flexibility index (Phi) is 2.63. The molecule has 4 nitrogen and oxygen atoms in total. The fourth-order valence-electron chi connectivity index (χ4n) is 0.697. The lowest BCUT2D eigenvalue weighted by molar-refractivity contribution is 0.243. The lowest BCUT2D eigenvalue weighted by Gasteiger charge is -2.03. The van der Waals surface area contributed by atoms with Crippen LogP contribution < -0.4 is 5.32 Å². The minimum Gasteiger partial charge on any atom is -0.334 e. The molecule has 0 radical (unpaired) electrons. The highest BCUT2D eigenvalue weighted by Crippen LogP contribution is 1.86. The van der Waals surface area contributed by atoms with Gasteiger partial charge in [0, 0.05) is 18.9 Å². The average Bonchev–Trinajstić information content (AvgIpc) is 2.51. The quantitative estimate of drug-likeness (QED) is 0.665. The summed E-state index contributed by atoms with van der Waals surface area (Å²) in [7, 11) is 0. The van der Waals surface area contributed by atoms with Gasteiger partial charge in [0.05, 0.1) is 0 Å². The maximum atomic E-state index is 11.2. The molecule has 0 bridgehead atoms. The van der Waals surface area contributed by atoms with Crippen molar-refractivity contribution in [3.05, 3.63) is 30.9 Å². The van der Waals surface area contributed by atoms with Crippen molar-refractivity contribution in [2.24, 2.45) is 0 Å². The molecule has 1 rings (SSSR count). The second-order valence-electron chi connectivity index (χ2n) is 2.59. The third-order valence-electron chi connectivity index (χ3n) is 1.28. The number of aromatic nitrogens is 2. The van der Waals surface area contributed by atoms with Crippen molar-refractivity contribution in [1.82, 2.24) is 14.9 Å². The molecule has 0 aliphatic rings. The molecule has 0 unspecified atom stereocenters. The number of nitrogens with one attached hydrogen (secondary N) is 1. The van der Waals surface area contributed by atoms with Crippen molar-refractivity contribution in [2.75, 3.05) is 6.54 Å². The Morgan fingerprint density at radius 3 is 3.00 bits per heavy atom. The minimum absolute atomic E-state index is 0.185. The summed E-state index contributed by atoms with van der Waals surface area (Å²) in [4.78, 5) is 14.9. The smallest absolute Gasteiger partial charge is 0.327 e. The second kappa shape index (κ2) is 3.71. The summed E-state index contributed by atoms with van der Waals surface area (Å²) in [5.74, 6) is 0. The number of nitrogens with zero attached hydrogens (tertiary/aromatic N) is 2. The van der Waals surface area contributed by atoms with Gasteiger partial charge in [-0.15, -0.1) is 0 Å². The second-order valence-corrected chi connectivity index (χ2v) is 2.59. The minimum atomic E-state index is -0.185. The zero-order valence-corrected chi connectivity index (χ0v) is 6.95. The Balaban J connectivity index is 2.45. The number of hydrogen-bond donors (Lipinski definition) is 1. The van der Waals surface area contributed by atoms with Crippen molar-refractivity contribution in [1.29, 1.82) is 0 Å². The first-order valence-corrected chi connectivity index (χ1v) is 3.60. The van der Waals surface area contributed by atoms with Crippen LogP contribution in [0.1, 0.15) is 6.92 Å². The van der Waals surface area contributed by atoms with Crippen LogP contribution in [-0.4, -0.2) is 22.1 Å². The van der Waals surface area contributed by atoms with Crippen LogP contribution in [0.15, 0.2) is 30.9 Å². The molecule has 1 aromatic heterocycles. The van der Waals surface area contributed by atoms with Gasteiger partial charge in [-0.3, -0.25) is 4.57 Å². The molecule has 12 heavy (non-hydrogen) atoms. The van der Waals surface area contributed by atoms with E-state index in [-0.39, 0.29) is 6.03 Å². The molecule has 0 aliphatic heterocycles. The van der Waals surface area contributed by atoms with Crippen LogP contribution in [0.5, 0.6) is 0 Å². The van der Waals surface area contributed by atoms with Crippen LogP contribution in [0.4, 0.5) is 4.79 Å². The molecule has 64 valence electrons. The van der Waals surface area contributed by atoms with E-state index in [1.165, 1.54) is 10.9 Å². The Morgan fingerprint density at radius 2 is 2.50 bits per heavy atom. The van der Waals surface area contributed by atoms with Crippen LogP contribution in [0.3, 0.4) is 0 Å². The first-order valence-electron chi connectivity index (χ1n) is 3.60. The predicted octanol–water partition coefficient (Wildman–Crippen LogP) is 1.02. The van der Waals surface area contributed by atoms with Crippen molar-refractivity contribution < 1.29 is 4.79 Å². The maximum Gasteiger partial charge on any atom is 0.327 e. The zero-order valence-electron chi connectivity index (χ0n) is 6.95. The maximum absolute atomic E-state index is 11.2. The van der Waals surface area contributed by atoms with Crippen molar-refractivity contribution in [2.45, 2.75) is 6.92 Å². The van der Waals surface area contributed by atoms with Crippen LogP contribution in [-0.2, 0) is 0 Å². The van der Waals surface area contributed by atoms with Crippen molar-refractivity contribution >= 4 is 6.03 Å². The highest BCUT2D eigenvalue weighted by Gasteiger charge is 2.00. The van der Waals surface area contributed by atoms with Crippen molar-refractivity contribution in [3.8, 4) is 0 Å². The van der Waals surface area contributed by atoms with Gasteiger partial charge in [0.25, 0.3) is 0 Å². The molecule has 0 aliphatic carbocycles. The Labute approximate surface area is 70.9 Å². The first-order chi connectivity index (χ1) is 5.70. The molecule has 4 heteroatoms. The van der Waals surface area contributed by atoms with Gasteiger partial charge in [-0.25, -0.2) is 9.78 Å². The summed E-state index contributed by atoms with van der Waals surface area (Å²) >= 11 is 0. The number of hydrogen-bond acceptors (Lipinski definition) is 2. The number of imidazole rings is 1. The molecule has 0 saturated carbocycles. The van der Waals surface area contributed by atoms with Gasteiger partial charge in [0.2, 0.25) is 0 Å². The lowest BCUT2D eigenvalue weighted by Crippen LogP contribution is -2.28. The molecule has 0 atom stereocenters. The van der Waals surface area contributed by atoms with E-state index in [4.69, 9.17) is 0 Å². The molecule has 0 aromatic carbocycles. The topological polar surface area (TPSA) is 46.9 Å². The van der Waals surface area contributed by atoms with E-state index < -0.39 is 0 Å². The van der Waals surface area contributed by atoms with E-state index >= 15 is 0 Å². The Morgan fingerprint density at radius 1 is 1.75 bits per heavy atom. The fraction of sp³-hybridized carbons (Fsp3) is 0.250. The molecule has 1 N–H and O–H groups in total. The van der Waals surface area contributed by atoms with E-state index in [0.717, 1.165) is 5.57 Å². The van der Waals surface area contributed by atoms with Crippen molar-refractivity contribution in [3.63, 3.8) is 0 Å². The molecule has 0 spiro atoms.